The zero-order chi connectivity index (χ0) is 21.3. The summed E-state index contributed by atoms with van der Waals surface area (Å²) in [6.07, 6.45) is 0. The van der Waals surface area contributed by atoms with E-state index in [4.69, 9.17) is 0 Å². The van der Waals surface area contributed by atoms with E-state index in [2.05, 4.69) is 30.2 Å². The van der Waals surface area contributed by atoms with Crippen LogP contribution in [-0.2, 0) is 5.54 Å². The first-order valence-corrected chi connectivity index (χ1v) is 10.1. The standard InChI is InChI=1S/C23H30FN3O2/c1-16-13-20(17(2)27(16)23(3,4)5)21(28)15-25-9-11-26(12-10-25)22(29)18-7-6-8-19(24)14-18/h6-8,13-14H,9-12,15H2,1-5H3. The number of Topliss-reactive ketones (excluding diaryl/α,β-unsaturated/α-hetero) is 1. The second-order valence-electron chi connectivity index (χ2n) is 8.79. The summed E-state index contributed by atoms with van der Waals surface area (Å²) >= 11 is 0. The highest BCUT2D eigenvalue weighted by atomic mass is 19.1. The lowest BCUT2D eigenvalue weighted by molar-refractivity contribution is 0.0624. The predicted molar refractivity (Wildman–Crippen MR) is 112 cm³/mol. The summed E-state index contributed by atoms with van der Waals surface area (Å²) in [6.45, 7) is 13.1. The van der Waals surface area contributed by atoms with Crippen LogP contribution in [0.15, 0.2) is 30.3 Å². The van der Waals surface area contributed by atoms with Crippen molar-refractivity contribution in [2.75, 3.05) is 32.7 Å². The number of ketones is 1. The van der Waals surface area contributed by atoms with Gasteiger partial charge >= 0.3 is 0 Å². The van der Waals surface area contributed by atoms with Gasteiger partial charge in [-0.3, -0.25) is 14.5 Å². The highest BCUT2D eigenvalue weighted by molar-refractivity contribution is 5.99. The first kappa shape index (κ1) is 21.2. The van der Waals surface area contributed by atoms with E-state index >= 15 is 0 Å². The Morgan fingerprint density at radius 3 is 2.24 bits per heavy atom. The fourth-order valence-corrected chi connectivity index (χ4v) is 4.28. The second kappa shape index (κ2) is 8.11. The van der Waals surface area contributed by atoms with Gasteiger partial charge in [0.15, 0.2) is 5.78 Å². The lowest BCUT2D eigenvalue weighted by Gasteiger charge is -2.34. The number of hydrogen-bond donors (Lipinski definition) is 0. The highest BCUT2D eigenvalue weighted by Gasteiger charge is 2.26. The largest absolute Gasteiger partial charge is 0.343 e. The Morgan fingerprint density at radius 2 is 1.69 bits per heavy atom. The molecule has 2 heterocycles. The number of halogens is 1. The third-order valence-corrected chi connectivity index (χ3v) is 5.50. The third-order valence-electron chi connectivity index (χ3n) is 5.50. The molecule has 6 heteroatoms. The van der Waals surface area contributed by atoms with Crippen molar-refractivity contribution in [2.45, 2.75) is 40.2 Å². The molecule has 2 aromatic rings. The summed E-state index contributed by atoms with van der Waals surface area (Å²) in [5.41, 5.74) is 3.15. The molecule has 0 bridgehead atoms. The minimum absolute atomic E-state index is 0.0738. The Morgan fingerprint density at radius 1 is 1.03 bits per heavy atom. The van der Waals surface area contributed by atoms with Crippen LogP contribution in [0.3, 0.4) is 0 Å². The van der Waals surface area contributed by atoms with E-state index < -0.39 is 5.82 Å². The maximum Gasteiger partial charge on any atom is 0.254 e. The summed E-state index contributed by atoms with van der Waals surface area (Å²) < 4.78 is 15.6. The molecule has 1 saturated heterocycles. The van der Waals surface area contributed by atoms with Gasteiger partial charge < -0.3 is 9.47 Å². The molecule has 0 aliphatic carbocycles. The van der Waals surface area contributed by atoms with Gasteiger partial charge in [-0.05, 0) is 58.9 Å². The van der Waals surface area contributed by atoms with Crippen molar-refractivity contribution in [1.82, 2.24) is 14.4 Å². The average molecular weight is 400 g/mol. The number of benzene rings is 1. The van der Waals surface area contributed by atoms with Crippen LogP contribution in [0.4, 0.5) is 4.39 Å². The summed E-state index contributed by atoms with van der Waals surface area (Å²) in [7, 11) is 0. The SMILES string of the molecule is Cc1cc(C(=O)CN2CCN(C(=O)c3cccc(F)c3)CC2)c(C)n1C(C)(C)C. The first-order chi connectivity index (χ1) is 13.6. The van der Waals surface area contributed by atoms with Gasteiger partial charge in [0.05, 0.1) is 6.54 Å². The molecular formula is C23H30FN3O2. The van der Waals surface area contributed by atoms with Crippen LogP contribution in [0, 0.1) is 19.7 Å². The van der Waals surface area contributed by atoms with Crippen molar-refractivity contribution in [3.8, 4) is 0 Å². The fourth-order valence-electron chi connectivity index (χ4n) is 4.28. The van der Waals surface area contributed by atoms with Gasteiger partial charge in [-0.25, -0.2) is 4.39 Å². The maximum absolute atomic E-state index is 13.4. The molecule has 1 aliphatic rings. The molecule has 1 aliphatic heterocycles. The highest BCUT2D eigenvalue weighted by Crippen LogP contribution is 2.25. The monoisotopic (exact) mass is 399 g/mol. The van der Waals surface area contributed by atoms with E-state index in [1.165, 1.54) is 12.1 Å². The normalized spacial score (nSPS) is 15.6. The molecule has 0 saturated carbocycles. The first-order valence-electron chi connectivity index (χ1n) is 10.1. The maximum atomic E-state index is 13.4. The fraction of sp³-hybridized carbons (Fsp3) is 0.478. The van der Waals surface area contributed by atoms with E-state index in [1.54, 1.807) is 17.0 Å². The summed E-state index contributed by atoms with van der Waals surface area (Å²) in [4.78, 5) is 29.3. The van der Waals surface area contributed by atoms with Crippen molar-refractivity contribution in [2.24, 2.45) is 0 Å². The van der Waals surface area contributed by atoms with Gasteiger partial charge in [0.25, 0.3) is 5.91 Å². The van der Waals surface area contributed by atoms with Gasteiger partial charge in [-0.15, -0.1) is 0 Å². The van der Waals surface area contributed by atoms with Crippen LogP contribution < -0.4 is 0 Å². The number of piperazine rings is 1. The van der Waals surface area contributed by atoms with E-state index in [1.807, 2.05) is 19.9 Å². The number of aromatic nitrogens is 1. The van der Waals surface area contributed by atoms with Gasteiger partial charge in [-0.2, -0.15) is 0 Å². The molecule has 0 N–H and O–H groups in total. The molecule has 1 aromatic heterocycles. The van der Waals surface area contributed by atoms with Crippen LogP contribution in [0.25, 0.3) is 0 Å². The number of nitrogens with zero attached hydrogens (tertiary/aromatic N) is 3. The molecule has 0 unspecified atom stereocenters. The van der Waals surface area contributed by atoms with Crippen molar-refractivity contribution < 1.29 is 14.0 Å². The molecule has 1 fully saturated rings. The van der Waals surface area contributed by atoms with E-state index in [0.717, 1.165) is 17.0 Å². The van der Waals surface area contributed by atoms with Crippen LogP contribution in [0.2, 0.25) is 0 Å². The van der Waals surface area contributed by atoms with E-state index in [9.17, 15) is 14.0 Å². The molecule has 0 spiro atoms. The van der Waals surface area contributed by atoms with Crippen molar-refractivity contribution in [3.05, 3.63) is 58.7 Å². The van der Waals surface area contributed by atoms with Crippen molar-refractivity contribution in [1.29, 1.82) is 0 Å². The molecule has 0 radical (unpaired) electrons. The van der Waals surface area contributed by atoms with Gasteiger partial charge in [-0.1, -0.05) is 6.07 Å². The Hall–Kier alpha value is -2.47. The summed E-state index contributed by atoms with van der Waals surface area (Å²) in [6, 6.07) is 7.75. The van der Waals surface area contributed by atoms with Crippen LogP contribution >= 0.6 is 0 Å². The summed E-state index contributed by atoms with van der Waals surface area (Å²) in [5, 5.41) is 0. The Labute approximate surface area is 172 Å². The number of hydrogen-bond acceptors (Lipinski definition) is 3. The molecule has 1 aromatic carbocycles. The number of amides is 1. The van der Waals surface area contributed by atoms with Crippen LogP contribution in [0.5, 0.6) is 0 Å². The number of carbonyl (C=O) groups excluding carboxylic acids is 2. The van der Waals surface area contributed by atoms with Crippen molar-refractivity contribution in [3.63, 3.8) is 0 Å². The van der Waals surface area contributed by atoms with Gasteiger partial charge in [0, 0.05) is 54.2 Å². The zero-order valence-corrected chi connectivity index (χ0v) is 18.0. The molecule has 5 nitrogen and oxygen atoms in total. The second-order valence-corrected chi connectivity index (χ2v) is 8.79. The smallest absolute Gasteiger partial charge is 0.254 e. The van der Waals surface area contributed by atoms with E-state index in [-0.39, 0.29) is 17.2 Å². The summed E-state index contributed by atoms with van der Waals surface area (Å²) in [5.74, 6) is -0.462. The molecule has 29 heavy (non-hydrogen) atoms. The van der Waals surface area contributed by atoms with Crippen LogP contribution in [0.1, 0.15) is 52.9 Å². The number of rotatable bonds is 4. The number of carbonyl (C=O) groups is 2. The lowest BCUT2D eigenvalue weighted by Crippen LogP contribution is -2.50. The molecule has 3 rings (SSSR count). The topological polar surface area (TPSA) is 45.6 Å². The Bertz CT molecular complexity index is 919. The minimum Gasteiger partial charge on any atom is -0.343 e. The minimum atomic E-state index is -0.409. The Kier molecular flexibility index (Phi) is 5.94. The lowest BCUT2D eigenvalue weighted by atomic mass is 10.1. The van der Waals surface area contributed by atoms with Gasteiger partial charge in [0.2, 0.25) is 0 Å². The van der Waals surface area contributed by atoms with Crippen LogP contribution in [-0.4, -0.2) is 58.8 Å². The Balaban J connectivity index is 1.61. The average Bonchev–Trinajstić information content (AvgIpc) is 2.96. The molecular weight excluding hydrogens is 369 g/mol. The van der Waals surface area contributed by atoms with Crippen molar-refractivity contribution >= 4 is 11.7 Å². The van der Waals surface area contributed by atoms with E-state index in [0.29, 0.717) is 38.3 Å². The number of aryl methyl sites for hydroxylation is 1. The van der Waals surface area contributed by atoms with Gasteiger partial charge in [0.1, 0.15) is 5.82 Å². The third kappa shape index (κ3) is 4.58. The quantitative estimate of drug-likeness (QED) is 0.738. The molecule has 1 amide bonds. The predicted octanol–water partition coefficient (Wildman–Crippen LogP) is 3.64. The molecule has 156 valence electrons. The zero-order valence-electron chi connectivity index (χ0n) is 18.0. The molecule has 0 atom stereocenters.